The van der Waals surface area contributed by atoms with Crippen LogP contribution in [-0.4, -0.2) is 22.7 Å². The fourth-order valence-electron chi connectivity index (χ4n) is 1.69. The number of hydrogen-bond donors (Lipinski definition) is 2. The first-order valence-corrected chi connectivity index (χ1v) is 6.09. The molecule has 1 aromatic rings. The molecule has 0 radical (unpaired) electrons. The summed E-state index contributed by atoms with van der Waals surface area (Å²) in [6, 6.07) is 10.2. The largest absolute Gasteiger partial charge is 0.370 e. The number of anilines is 1. The number of aliphatic hydroxyl groups excluding tert-OH is 2. The van der Waals surface area contributed by atoms with E-state index in [4.69, 9.17) is 10.5 Å². The van der Waals surface area contributed by atoms with Gasteiger partial charge < -0.3 is 15.1 Å². The van der Waals surface area contributed by atoms with Crippen molar-refractivity contribution < 1.29 is 10.2 Å². The van der Waals surface area contributed by atoms with Crippen LogP contribution in [0.3, 0.4) is 0 Å². The maximum Gasteiger partial charge on any atom is 0.148 e. The van der Waals surface area contributed by atoms with Crippen molar-refractivity contribution in [2.75, 3.05) is 4.90 Å². The number of nitrogens with zero attached hydrogens (tertiary/aromatic N) is 3. The fraction of sp³-hybridized carbons (Fsp3) is 0.125. The summed E-state index contributed by atoms with van der Waals surface area (Å²) in [5, 5.41) is 37.1. The average molecular weight is 281 g/mol. The maximum absolute atomic E-state index is 9.87. The zero-order valence-corrected chi connectivity index (χ0v) is 11.3. The first-order valence-electron chi connectivity index (χ1n) is 6.09. The predicted molar refractivity (Wildman–Crippen MR) is 80.5 cm³/mol. The quantitative estimate of drug-likeness (QED) is 0.472. The summed E-state index contributed by atoms with van der Waals surface area (Å²) in [5.74, 6) is 0. The Kier molecular flexibility index (Phi) is 5.91. The van der Waals surface area contributed by atoms with Crippen LogP contribution >= 0.6 is 0 Å². The van der Waals surface area contributed by atoms with Gasteiger partial charge in [0.05, 0.1) is 0 Å². The van der Waals surface area contributed by atoms with Gasteiger partial charge in [0.1, 0.15) is 30.2 Å². The van der Waals surface area contributed by atoms with Crippen LogP contribution in [0.5, 0.6) is 0 Å². The van der Waals surface area contributed by atoms with E-state index in [2.05, 4.69) is 13.2 Å². The summed E-state index contributed by atoms with van der Waals surface area (Å²) in [5.41, 5.74) is 1.21. The minimum Gasteiger partial charge on any atom is -0.370 e. The molecule has 0 saturated carbocycles. The lowest BCUT2D eigenvalue weighted by molar-refractivity contribution is 0.136. The molecule has 21 heavy (non-hydrogen) atoms. The topological polar surface area (TPSA) is 91.3 Å². The van der Waals surface area contributed by atoms with Crippen LogP contribution in [0.1, 0.15) is 5.56 Å². The lowest BCUT2D eigenvalue weighted by atomic mass is 10.1. The van der Waals surface area contributed by atoms with Crippen molar-refractivity contribution in [3.05, 3.63) is 60.7 Å². The van der Waals surface area contributed by atoms with E-state index in [1.165, 1.54) is 23.1 Å². The van der Waals surface area contributed by atoms with Gasteiger partial charge in [0.25, 0.3) is 0 Å². The number of hydrogen-bond acceptors (Lipinski definition) is 5. The average Bonchev–Trinajstić information content (AvgIpc) is 2.53. The van der Waals surface area contributed by atoms with E-state index in [-0.39, 0.29) is 5.57 Å². The predicted octanol–water partition coefficient (Wildman–Crippen LogP) is 1.93. The van der Waals surface area contributed by atoms with Gasteiger partial charge in [0.2, 0.25) is 0 Å². The molecule has 0 bridgehead atoms. The molecule has 2 atom stereocenters. The van der Waals surface area contributed by atoms with Crippen LogP contribution in [0.25, 0.3) is 6.08 Å². The summed E-state index contributed by atoms with van der Waals surface area (Å²) >= 11 is 0. The van der Waals surface area contributed by atoms with Crippen molar-refractivity contribution in [1.82, 2.24) is 0 Å². The molecule has 5 heteroatoms. The van der Waals surface area contributed by atoms with Crippen molar-refractivity contribution in [1.29, 1.82) is 10.5 Å². The van der Waals surface area contributed by atoms with Gasteiger partial charge in [-0.2, -0.15) is 10.5 Å². The second-order valence-corrected chi connectivity index (χ2v) is 4.08. The molecule has 2 unspecified atom stereocenters. The lowest BCUT2D eigenvalue weighted by Gasteiger charge is -2.31. The highest BCUT2D eigenvalue weighted by atomic mass is 16.3. The molecule has 2 N–H and O–H groups in total. The van der Waals surface area contributed by atoms with Gasteiger partial charge >= 0.3 is 0 Å². The van der Waals surface area contributed by atoms with Crippen LogP contribution in [0.15, 0.2) is 55.1 Å². The van der Waals surface area contributed by atoms with Crippen molar-refractivity contribution in [3.63, 3.8) is 0 Å². The standard InChI is InChI=1S/C16H15N3O2/c1-3-15(20)19(16(21)4-2)14-7-5-12(6-8-14)9-13(10-17)11-18/h3-9,15-16,20-21H,1-2H2. The smallest absolute Gasteiger partial charge is 0.148 e. The minimum absolute atomic E-state index is 0.00291. The Morgan fingerprint density at radius 1 is 1.05 bits per heavy atom. The summed E-state index contributed by atoms with van der Waals surface area (Å²) in [4.78, 5) is 1.31. The molecule has 0 saturated heterocycles. The highest BCUT2D eigenvalue weighted by Crippen LogP contribution is 2.21. The Morgan fingerprint density at radius 2 is 1.52 bits per heavy atom. The van der Waals surface area contributed by atoms with Crippen LogP contribution in [0.2, 0.25) is 0 Å². The summed E-state index contributed by atoms with van der Waals surface area (Å²) < 4.78 is 0. The SMILES string of the molecule is C=CC(O)N(c1ccc(C=C(C#N)C#N)cc1)C(O)C=C. The molecule has 5 nitrogen and oxygen atoms in total. The van der Waals surface area contributed by atoms with E-state index in [9.17, 15) is 10.2 Å². The van der Waals surface area contributed by atoms with Gasteiger partial charge in [-0.05, 0) is 35.9 Å². The van der Waals surface area contributed by atoms with Gasteiger partial charge in [-0.1, -0.05) is 25.3 Å². The number of nitriles is 2. The van der Waals surface area contributed by atoms with E-state index >= 15 is 0 Å². The Morgan fingerprint density at radius 3 is 1.90 bits per heavy atom. The molecule has 0 aliphatic carbocycles. The van der Waals surface area contributed by atoms with Crippen LogP contribution < -0.4 is 4.90 Å². The van der Waals surface area contributed by atoms with E-state index in [1.807, 2.05) is 0 Å². The van der Waals surface area contributed by atoms with E-state index in [0.717, 1.165) is 0 Å². The zero-order chi connectivity index (χ0) is 15.8. The fourth-order valence-corrected chi connectivity index (χ4v) is 1.69. The monoisotopic (exact) mass is 281 g/mol. The van der Waals surface area contributed by atoms with Gasteiger partial charge in [0.15, 0.2) is 0 Å². The Labute approximate surface area is 123 Å². The summed E-state index contributed by atoms with van der Waals surface area (Å²) in [6.45, 7) is 6.97. The highest BCUT2D eigenvalue weighted by Gasteiger charge is 2.19. The second-order valence-electron chi connectivity index (χ2n) is 4.08. The number of benzene rings is 1. The molecule has 0 spiro atoms. The van der Waals surface area contributed by atoms with E-state index in [0.29, 0.717) is 11.3 Å². The van der Waals surface area contributed by atoms with E-state index in [1.54, 1.807) is 36.4 Å². The van der Waals surface area contributed by atoms with Gasteiger partial charge in [-0.3, -0.25) is 0 Å². The van der Waals surface area contributed by atoms with E-state index < -0.39 is 12.5 Å². The third kappa shape index (κ3) is 4.05. The summed E-state index contributed by atoms with van der Waals surface area (Å²) in [7, 11) is 0. The number of rotatable bonds is 6. The molecule has 0 amide bonds. The number of aliphatic hydroxyl groups is 2. The van der Waals surface area contributed by atoms with Crippen LogP contribution in [0, 0.1) is 22.7 Å². The molecule has 1 rings (SSSR count). The molecule has 0 aliphatic rings. The molecule has 0 aromatic heterocycles. The Hall–Kier alpha value is -2.86. The second kappa shape index (κ2) is 7.66. The maximum atomic E-state index is 9.87. The van der Waals surface area contributed by atoms with Gasteiger partial charge in [-0.25, -0.2) is 0 Å². The molecule has 0 aliphatic heterocycles. The zero-order valence-electron chi connectivity index (χ0n) is 11.3. The van der Waals surface area contributed by atoms with Crippen molar-refractivity contribution in [2.24, 2.45) is 0 Å². The van der Waals surface area contributed by atoms with Crippen molar-refractivity contribution in [2.45, 2.75) is 12.5 Å². The third-order valence-corrected chi connectivity index (χ3v) is 2.73. The molecular weight excluding hydrogens is 266 g/mol. The van der Waals surface area contributed by atoms with Gasteiger partial charge in [-0.15, -0.1) is 0 Å². The van der Waals surface area contributed by atoms with Gasteiger partial charge in [0, 0.05) is 5.69 Å². The molecule has 0 fully saturated rings. The molecular formula is C16H15N3O2. The Balaban J connectivity index is 3.12. The lowest BCUT2D eigenvalue weighted by Crippen LogP contribution is -2.41. The normalized spacial score (nSPS) is 12.2. The van der Waals surface area contributed by atoms with Crippen molar-refractivity contribution in [3.8, 4) is 12.1 Å². The molecule has 106 valence electrons. The highest BCUT2D eigenvalue weighted by molar-refractivity contribution is 5.64. The molecule has 0 heterocycles. The molecule has 1 aromatic carbocycles. The Bertz CT molecular complexity index is 590. The minimum atomic E-state index is -1.08. The van der Waals surface area contributed by atoms with Crippen LogP contribution in [-0.2, 0) is 0 Å². The van der Waals surface area contributed by atoms with Crippen molar-refractivity contribution >= 4 is 11.8 Å². The van der Waals surface area contributed by atoms with Crippen LogP contribution in [0.4, 0.5) is 5.69 Å². The summed E-state index contributed by atoms with van der Waals surface area (Å²) in [6.07, 6.45) is 1.86. The third-order valence-electron chi connectivity index (χ3n) is 2.73. The number of allylic oxidation sites excluding steroid dienone is 1. The first-order chi connectivity index (χ1) is 10.1. The first kappa shape index (κ1) is 16.2.